The van der Waals surface area contributed by atoms with E-state index in [-0.39, 0.29) is 42.3 Å². The summed E-state index contributed by atoms with van der Waals surface area (Å²) in [5, 5.41) is 7.48. The predicted octanol–water partition coefficient (Wildman–Crippen LogP) is 2.62. The van der Waals surface area contributed by atoms with E-state index < -0.39 is 30.1 Å². The second-order valence-corrected chi connectivity index (χ2v) is 6.73. The standard InChI is InChI=1S/C19H19F3N6O4/c1-32-14-5-4-11(9-12(14)26-18(31)27-15-10-23-6-7-24-15)25-16(29)13-3-2-8-28(13)17(30)19(20,21)22/h4-7,9-10,13H,2-3,8H2,1H3,(H,25,29)(H2,24,26,27,31)/t13-/m0/s1. The normalized spacial score (nSPS) is 15.8. The SMILES string of the molecule is COc1ccc(NC(=O)[C@@H]2CCCN2C(=O)C(F)(F)F)cc1NC(=O)Nc1cnccn1. The lowest BCUT2D eigenvalue weighted by molar-refractivity contribution is -0.186. The van der Waals surface area contributed by atoms with Gasteiger partial charge in [-0.3, -0.25) is 19.9 Å². The van der Waals surface area contributed by atoms with Gasteiger partial charge in [0.15, 0.2) is 5.82 Å². The fraction of sp³-hybridized carbons (Fsp3) is 0.316. The number of hydrogen-bond donors (Lipinski definition) is 3. The fourth-order valence-electron chi connectivity index (χ4n) is 3.19. The predicted molar refractivity (Wildman–Crippen MR) is 107 cm³/mol. The molecule has 1 atom stereocenters. The van der Waals surface area contributed by atoms with Gasteiger partial charge in [-0.1, -0.05) is 0 Å². The molecule has 0 aliphatic carbocycles. The summed E-state index contributed by atoms with van der Waals surface area (Å²) in [7, 11) is 1.37. The topological polar surface area (TPSA) is 126 Å². The first-order valence-electron chi connectivity index (χ1n) is 9.39. The number of carbonyl (C=O) groups is 3. The third kappa shape index (κ3) is 5.42. The van der Waals surface area contributed by atoms with Crippen molar-refractivity contribution in [3.05, 3.63) is 36.8 Å². The Bertz CT molecular complexity index is 1000. The number of methoxy groups -OCH3 is 1. The fourth-order valence-corrected chi connectivity index (χ4v) is 3.19. The molecule has 2 heterocycles. The zero-order valence-electron chi connectivity index (χ0n) is 16.8. The molecule has 0 spiro atoms. The zero-order chi connectivity index (χ0) is 23.3. The molecular weight excluding hydrogens is 433 g/mol. The third-order valence-corrected chi connectivity index (χ3v) is 4.58. The molecule has 3 rings (SSSR count). The highest BCUT2D eigenvalue weighted by molar-refractivity contribution is 6.02. The molecular formula is C19H19F3N6O4. The molecule has 3 N–H and O–H groups in total. The number of amides is 4. The van der Waals surface area contributed by atoms with E-state index in [1.807, 2.05) is 0 Å². The van der Waals surface area contributed by atoms with Crippen molar-refractivity contribution in [3.8, 4) is 5.75 Å². The highest BCUT2D eigenvalue weighted by Gasteiger charge is 2.47. The number of halogens is 3. The number of carbonyl (C=O) groups excluding carboxylic acids is 3. The summed E-state index contributed by atoms with van der Waals surface area (Å²) in [6.45, 7) is -0.158. The lowest BCUT2D eigenvalue weighted by atomic mass is 10.2. The molecule has 13 heteroatoms. The Morgan fingerprint density at radius 3 is 2.59 bits per heavy atom. The summed E-state index contributed by atoms with van der Waals surface area (Å²) in [6, 6.07) is 2.37. The van der Waals surface area contributed by atoms with Crippen LogP contribution in [0.25, 0.3) is 0 Å². The van der Waals surface area contributed by atoms with Gasteiger partial charge in [-0.15, -0.1) is 0 Å². The van der Waals surface area contributed by atoms with Gasteiger partial charge >= 0.3 is 18.1 Å². The maximum Gasteiger partial charge on any atom is 0.471 e. The van der Waals surface area contributed by atoms with Crippen molar-refractivity contribution in [1.82, 2.24) is 14.9 Å². The van der Waals surface area contributed by atoms with Crippen molar-refractivity contribution in [3.63, 3.8) is 0 Å². The van der Waals surface area contributed by atoms with Crippen molar-refractivity contribution in [1.29, 1.82) is 0 Å². The van der Waals surface area contributed by atoms with E-state index >= 15 is 0 Å². The minimum absolute atomic E-state index is 0.107. The summed E-state index contributed by atoms with van der Waals surface area (Å²) in [5.41, 5.74) is 0.373. The molecule has 1 aliphatic rings. The number of likely N-dealkylation sites (tertiary alicyclic amines) is 1. The van der Waals surface area contributed by atoms with Crippen LogP contribution in [0.4, 0.5) is 35.2 Å². The van der Waals surface area contributed by atoms with Crippen molar-refractivity contribution in [2.75, 3.05) is 29.6 Å². The molecule has 1 fully saturated rings. The van der Waals surface area contributed by atoms with Crippen LogP contribution in [-0.4, -0.2) is 58.6 Å². The van der Waals surface area contributed by atoms with Gasteiger partial charge in [0.05, 0.1) is 19.0 Å². The average molecular weight is 452 g/mol. The molecule has 2 aromatic rings. The summed E-state index contributed by atoms with van der Waals surface area (Å²) in [5.74, 6) is -2.34. The maximum atomic E-state index is 12.8. The largest absolute Gasteiger partial charge is 0.495 e. The Morgan fingerprint density at radius 1 is 1.16 bits per heavy atom. The first-order chi connectivity index (χ1) is 15.2. The van der Waals surface area contributed by atoms with Crippen molar-refractivity contribution < 1.29 is 32.3 Å². The number of ether oxygens (including phenoxy) is 1. The smallest absolute Gasteiger partial charge is 0.471 e. The van der Waals surface area contributed by atoms with Gasteiger partial charge in [0.25, 0.3) is 0 Å². The van der Waals surface area contributed by atoms with Gasteiger partial charge in [-0.25, -0.2) is 9.78 Å². The van der Waals surface area contributed by atoms with Crippen molar-refractivity contribution in [2.45, 2.75) is 25.1 Å². The summed E-state index contributed by atoms with van der Waals surface area (Å²) < 4.78 is 43.5. The van der Waals surface area contributed by atoms with E-state index in [2.05, 4.69) is 25.9 Å². The highest BCUT2D eigenvalue weighted by atomic mass is 19.4. The number of anilines is 3. The first kappa shape index (κ1) is 22.8. The molecule has 0 unspecified atom stereocenters. The Kier molecular flexibility index (Phi) is 6.76. The minimum atomic E-state index is -5.06. The molecule has 10 nitrogen and oxygen atoms in total. The summed E-state index contributed by atoms with van der Waals surface area (Å²) in [4.78, 5) is 44.6. The lowest BCUT2D eigenvalue weighted by Gasteiger charge is -2.24. The number of benzene rings is 1. The molecule has 170 valence electrons. The number of hydrogen-bond acceptors (Lipinski definition) is 6. The molecule has 1 aromatic heterocycles. The summed E-state index contributed by atoms with van der Waals surface area (Å²) in [6.07, 6.45) is -0.513. The van der Waals surface area contributed by atoms with Gasteiger partial charge in [0, 0.05) is 24.6 Å². The molecule has 0 saturated carbocycles. The van der Waals surface area contributed by atoms with Crippen LogP contribution < -0.4 is 20.7 Å². The van der Waals surface area contributed by atoms with Gasteiger partial charge in [-0.05, 0) is 31.0 Å². The van der Waals surface area contributed by atoms with E-state index in [0.29, 0.717) is 4.90 Å². The van der Waals surface area contributed by atoms with Gasteiger partial charge < -0.3 is 20.3 Å². The monoisotopic (exact) mass is 452 g/mol. The van der Waals surface area contributed by atoms with Gasteiger partial charge in [-0.2, -0.15) is 13.2 Å². The van der Waals surface area contributed by atoms with Crippen LogP contribution in [-0.2, 0) is 9.59 Å². The minimum Gasteiger partial charge on any atom is -0.495 e. The van der Waals surface area contributed by atoms with E-state index in [0.717, 1.165) is 0 Å². The van der Waals surface area contributed by atoms with E-state index in [1.54, 1.807) is 0 Å². The Hall–Kier alpha value is -3.90. The number of urea groups is 1. The third-order valence-electron chi connectivity index (χ3n) is 4.58. The first-order valence-corrected chi connectivity index (χ1v) is 9.39. The van der Waals surface area contributed by atoms with Crippen LogP contribution in [0.15, 0.2) is 36.8 Å². The molecule has 4 amide bonds. The van der Waals surface area contributed by atoms with Crippen LogP contribution in [0, 0.1) is 0 Å². The van der Waals surface area contributed by atoms with Crippen LogP contribution in [0.3, 0.4) is 0 Å². The maximum absolute atomic E-state index is 12.8. The number of rotatable bonds is 5. The zero-order valence-corrected chi connectivity index (χ0v) is 16.8. The number of nitrogens with one attached hydrogen (secondary N) is 3. The average Bonchev–Trinajstić information content (AvgIpc) is 3.23. The second kappa shape index (κ2) is 9.49. The Balaban J connectivity index is 1.71. The van der Waals surface area contributed by atoms with Crippen molar-refractivity contribution >= 4 is 35.0 Å². The van der Waals surface area contributed by atoms with Gasteiger partial charge in [0.1, 0.15) is 11.8 Å². The quantitative estimate of drug-likeness (QED) is 0.641. The Labute approximate surface area is 180 Å². The molecule has 1 aliphatic heterocycles. The summed E-state index contributed by atoms with van der Waals surface area (Å²) >= 11 is 0. The number of alkyl halides is 3. The van der Waals surface area contributed by atoms with Crippen LogP contribution >= 0.6 is 0 Å². The molecule has 1 aromatic carbocycles. The molecule has 1 saturated heterocycles. The Morgan fingerprint density at radius 2 is 1.94 bits per heavy atom. The molecule has 0 radical (unpaired) electrons. The van der Waals surface area contributed by atoms with E-state index in [4.69, 9.17) is 4.74 Å². The van der Waals surface area contributed by atoms with E-state index in [9.17, 15) is 27.6 Å². The van der Waals surface area contributed by atoms with Crippen LogP contribution in [0.1, 0.15) is 12.8 Å². The lowest BCUT2D eigenvalue weighted by Crippen LogP contribution is -2.48. The molecule has 0 bridgehead atoms. The molecule has 32 heavy (non-hydrogen) atoms. The van der Waals surface area contributed by atoms with Crippen molar-refractivity contribution in [2.24, 2.45) is 0 Å². The second-order valence-electron chi connectivity index (χ2n) is 6.73. The number of nitrogens with zero attached hydrogens (tertiary/aromatic N) is 3. The van der Waals surface area contributed by atoms with Crippen LogP contribution in [0.2, 0.25) is 0 Å². The van der Waals surface area contributed by atoms with Gasteiger partial charge in [0.2, 0.25) is 5.91 Å². The van der Waals surface area contributed by atoms with Crippen LogP contribution in [0.5, 0.6) is 5.75 Å². The van der Waals surface area contributed by atoms with E-state index in [1.165, 1.54) is 43.9 Å². The number of aromatic nitrogens is 2. The highest BCUT2D eigenvalue weighted by Crippen LogP contribution is 2.30.